The standard InChI is InChI=1S/C23H30N2O2/c1-4-7-17-27-19-14-12-18(13-15-19)23(6-3)24-21-11-9-8-10-20(21)22(26)25(23)16-5-2/h8-15,24H,4-7,16-17H2,1-3H3. The number of carbonyl (C=O) groups is 1. The second-order valence-corrected chi connectivity index (χ2v) is 7.07. The SMILES string of the molecule is CCCCOc1ccc(C2(CC)Nc3ccccc3C(=O)N2CCC)cc1. The lowest BCUT2D eigenvalue weighted by atomic mass is 9.89. The predicted octanol–water partition coefficient (Wildman–Crippen LogP) is 5.41. The first-order chi connectivity index (χ1) is 13.2. The Kier molecular flexibility index (Phi) is 6.04. The summed E-state index contributed by atoms with van der Waals surface area (Å²) < 4.78 is 5.81. The number of amides is 1. The van der Waals surface area contributed by atoms with Gasteiger partial charge in [0.25, 0.3) is 5.91 Å². The highest BCUT2D eigenvalue weighted by Crippen LogP contribution is 2.40. The van der Waals surface area contributed by atoms with Crippen molar-refractivity contribution in [3.63, 3.8) is 0 Å². The Labute approximate surface area is 162 Å². The van der Waals surface area contributed by atoms with Crippen molar-refractivity contribution in [2.45, 2.75) is 52.1 Å². The van der Waals surface area contributed by atoms with Gasteiger partial charge < -0.3 is 15.0 Å². The third kappa shape index (κ3) is 3.66. The van der Waals surface area contributed by atoms with Crippen molar-refractivity contribution < 1.29 is 9.53 Å². The van der Waals surface area contributed by atoms with Crippen molar-refractivity contribution in [2.75, 3.05) is 18.5 Å². The number of anilines is 1. The second-order valence-electron chi connectivity index (χ2n) is 7.07. The number of unbranched alkanes of at least 4 members (excludes halogenated alkanes) is 1. The van der Waals surface area contributed by atoms with Gasteiger partial charge in [0.2, 0.25) is 0 Å². The van der Waals surface area contributed by atoms with Gasteiger partial charge in [0.05, 0.1) is 12.2 Å². The van der Waals surface area contributed by atoms with Crippen molar-refractivity contribution in [2.24, 2.45) is 0 Å². The fourth-order valence-electron chi connectivity index (χ4n) is 3.78. The van der Waals surface area contributed by atoms with Crippen LogP contribution in [0.1, 0.15) is 62.4 Å². The summed E-state index contributed by atoms with van der Waals surface area (Å²) in [6.45, 7) is 7.84. The van der Waals surface area contributed by atoms with E-state index in [4.69, 9.17) is 4.74 Å². The van der Waals surface area contributed by atoms with Gasteiger partial charge in [-0.3, -0.25) is 4.79 Å². The van der Waals surface area contributed by atoms with E-state index in [1.807, 2.05) is 41.3 Å². The van der Waals surface area contributed by atoms with Crippen molar-refractivity contribution in [3.05, 3.63) is 59.7 Å². The number of ether oxygens (including phenoxy) is 1. The molecule has 0 fully saturated rings. The molecule has 0 saturated carbocycles. The molecule has 0 aromatic heterocycles. The molecule has 27 heavy (non-hydrogen) atoms. The van der Waals surface area contributed by atoms with E-state index in [0.29, 0.717) is 6.54 Å². The van der Waals surface area contributed by atoms with Gasteiger partial charge in [-0.15, -0.1) is 0 Å². The quantitative estimate of drug-likeness (QED) is 0.636. The highest BCUT2D eigenvalue weighted by molar-refractivity contribution is 6.02. The molecule has 1 aliphatic heterocycles. The highest BCUT2D eigenvalue weighted by atomic mass is 16.5. The van der Waals surface area contributed by atoms with Gasteiger partial charge in [-0.1, -0.05) is 51.5 Å². The van der Waals surface area contributed by atoms with Crippen LogP contribution in [-0.4, -0.2) is 24.0 Å². The molecule has 1 atom stereocenters. The summed E-state index contributed by atoms with van der Waals surface area (Å²) >= 11 is 0. The summed E-state index contributed by atoms with van der Waals surface area (Å²) in [6, 6.07) is 16.0. The maximum absolute atomic E-state index is 13.3. The number of para-hydroxylation sites is 1. The van der Waals surface area contributed by atoms with Gasteiger partial charge in [0.15, 0.2) is 0 Å². The van der Waals surface area contributed by atoms with Crippen LogP contribution in [0.25, 0.3) is 0 Å². The van der Waals surface area contributed by atoms with Crippen LogP contribution in [-0.2, 0) is 5.66 Å². The van der Waals surface area contributed by atoms with Gasteiger partial charge in [-0.05, 0) is 49.1 Å². The molecule has 0 aliphatic carbocycles. The van der Waals surface area contributed by atoms with Crippen molar-refractivity contribution >= 4 is 11.6 Å². The zero-order valence-electron chi connectivity index (χ0n) is 16.6. The van der Waals surface area contributed by atoms with Crippen LogP contribution < -0.4 is 10.1 Å². The molecule has 0 spiro atoms. The number of carbonyl (C=O) groups excluding carboxylic acids is 1. The summed E-state index contributed by atoms with van der Waals surface area (Å²) in [6.07, 6.45) is 3.87. The van der Waals surface area contributed by atoms with E-state index in [1.54, 1.807) is 0 Å². The smallest absolute Gasteiger partial charge is 0.258 e. The van der Waals surface area contributed by atoms with E-state index in [1.165, 1.54) is 0 Å². The summed E-state index contributed by atoms with van der Waals surface area (Å²) in [5, 5.41) is 3.68. The number of rotatable bonds is 8. The third-order valence-electron chi connectivity index (χ3n) is 5.26. The van der Waals surface area contributed by atoms with Gasteiger partial charge >= 0.3 is 0 Å². The number of fused-ring (bicyclic) bond motifs is 1. The summed E-state index contributed by atoms with van der Waals surface area (Å²) in [5.41, 5.74) is 2.20. The van der Waals surface area contributed by atoms with Gasteiger partial charge in [-0.25, -0.2) is 0 Å². The van der Waals surface area contributed by atoms with Gasteiger partial charge in [0.1, 0.15) is 11.4 Å². The molecule has 2 aromatic carbocycles. The average molecular weight is 367 g/mol. The molecule has 144 valence electrons. The Morgan fingerprint density at radius 3 is 2.41 bits per heavy atom. The minimum atomic E-state index is -0.538. The van der Waals surface area contributed by atoms with Crippen LogP contribution in [0.4, 0.5) is 5.69 Å². The number of hydrogen-bond acceptors (Lipinski definition) is 3. The van der Waals surface area contributed by atoms with Crippen LogP contribution in [0.3, 0.4) is 0 Å². The highest BCUT2D eigenvalue weighted by Gasteiger charge is 2.44. The number of nitrogens with zero attached hydrogens (tertiary/aromatic N) is 1. The molecule has 0 radical (unpaired) electrons. The lowest BCUT2D eigenvalue weighted by Crippen LogP contribution is -2.57. The molecule has 1 aliphatic rings. The average Bonchev–Trinajstić information content (AvgIpc) is 2.71. The minimum Gasteiger partial charge on any atom is -0.494 e. The first-order valence-electron chi connectivity index (χ1n) is 10.1. The molecular weight excluding hydrogens is 336 g/mol. The fraction of sp³-hybridized carbons (Fsp3) is 0.435. The molecule has 3 rings (SSSR count). The van der Waals surface area contributed by atoms with E-state index in [0.717, 1.165) is 54.9 Å². The molecule has 1 N–H and O–H groups in total. The number of benzene rings is 2. The molecule has 2 aromatic rings. The molecule has 0 saturated heterocycles. The summed E-state index contributed by atoms with van der Waals surface area (Å²) in [7, 11) is 0. The van der Waals surface area contributed by atoms with E-state index in [-0.39, 0.29) is 5.91 Å². The molecule has 1 amide bonds. The van der Waals surface area contributed by atoms with Crippen LogP contribution in [0.15, 0.2) is 48.5 Å². The zero-order valence-corrected chi connectivity index (χ0v) is 16.6. The van der Waals surface area contributed by atoms with E-state index in [2.05, 4.69) is 38.2 Å². The van der Waals surface area contributed by atoms with Gasteiger partial charge in [0, 0.05) is 12.2 Å². The molecule has 1 unspecified atom stereocenters. The Balaban J connectivity index is 1.97. The van der Waals surface area contributed by atoms with Crippen molar-refractivity contribution in [3.8, 4) is 5.75 Å². The largest absolute Gasteiger partial charge is 0.494 e. The van der Waals surface area contributed by atoms with Crippen LogP contribution in [0, 0.1) is 0 Å². The lowest BCUT2D eigenvalue weighted by Gasteiger charge is -2.48. The van der Waals surface area contributed by atoms with Crippen molar-refractivity contribution in [1.29, 1.82) is 0 Å². The first kappa shape index (κ1) is 19.3. The maximum atomic E-state index is 13.3. The minimum absolute atomic E-state index is 0.0938. The van der Waals surface area contributed by atoms with Gasteiger partial charge in [-0.2, -0.15) is 0 Å². The third-order valence-corrected chi connectivity index (χ3v) is 5.26. The molecule has 4 heteroatoms. The number of nitrogens with one attached hydrogen (secondary N) is 1. The first-order valence-corrected chi connectivity index (χ1v) is 10.1. The Morgan fingerprint density at radius 2 is 1.74 bits per heavy atom. The lowest BCUT2D eigenvalue weighted by molar-refractivity contribution is 0.0483. The van der Waals surface area contributed by atoms with Crippen LogP contribution in [0.5, 0.6) is 5.75 Å². The molecule has 0 bridgehead atoms. The molecular formula is C23H30N2O2. The summed E-state index contributed by atoms with van der Waals surface area (Å²) in [5.74, 6) is 0.972. The Bertz CT molecular complexity index is 772. The van der Waals surface area contributed by atoms with E-state index < -0.39 is 5.66 Å². The Morgan fingerprint density at radius 1 is 1.00 bits per heavy atom. The zero-order chi connectivity index (χ0) is 19.3. The molecule has 4 nitrogen and oxygen atoms in total. The summed E-state index contributed by atoms with van der Waals surface area (Å²) in [4.78, 5) is 15.2. The van der Waals surface area contributed by atoms with E-state index >= 15 is 0 Å². The topological polar surface area (TPSA) is 41.6 Å². The fourth-order valence-corrected chi connectivity index (χ4v) is 3.78. The van der Waals surface area contributed by atoms with Crippen LogP contribution >= 0.6 is 0 Å². The monoisotopic (exact) mass is 366 g/mol. The predicted molar refractivity (Wildman–Crippen MR) is 110 cm³/mol. The molecule has 1 heterocycles. The van der Waals surface area contributed by atoms with E-state index in [9.17, 15) is 4.79 Å². The maximum Gasteiger partial charge on any atom is 0.258 e. The second kappa shape index (κ2) is 8.47. The normalized spacial score (nSPS) is 18.8. The Hall–Kier alpha value is -2.49. The van der Waals surface area contributed by atoms with Crippen molar-refractivity contribution in [1.82, 2.24) is 4.90 Å². The number of hydrogen-bond donors (Lipinski definition) is 1. The van der Waals surface area contributed by atoms with Crippen LogP contribution in [0.2, 0.25) is 0 Å².